The van der Waals surface area contributed by atoms with Crippen molar-refractivity contribution in [3.05, 3.63) is 59.7 Å². The third-order valence-corrected chi connectivity index (χ3v) is 4.59. The number of anilines is 1. The van der Waals surface area contributed by atoms with Gasteiger partial charge in [-0.05, 0) is 43.2 Å². The lowest BCUT2D eigenvalue weighted by Gasteiger charge is -2.41. The van der Waals surface area contributed by atoms with E-state index in [2.05, 4.69) is 12.2 Å². The molecule has 1 aliphatic rings. The van der Waals surface area contributed by atoms with Gasteiger partial charge in [0, 0.05) is 11.7 Å². The Labute approximate surface area is 152 Å². The number of para-hydroxylation sites is 1. The molecule has 3 rings (SSSR count). The quantitative estimate of drug-likeness (QED) is 0.830. The number of nitrogens with one attached hydrogen (secondary N) is 1. The van der Waals surface area contributed by atoms with Crippen LogP contribution < -0.4 is 10.1 Å². The van der Waals surface area contributed by atoms with Crippen LogP contribution in [0.25, 0.3) is 0 Å². The van der Waals surface area contributed by atoms with Crippen LogP contribution in [0.1, 0.15) is 42.4 Å². The molecule has 2 atom stereocenters. The first-order valence-corrected chi connectivity index (χ1v) is 8.64. The second-order valence-electron chi connectivity index (χ2n) is 6.31. The van der Waals surface area contributed by atoms with Crippen molar-refractivity contribution in [3.8, 4) is 5.75 Å². The van der Waals surface area contributed by atoms with E-state index in [1.165, 1.54) is 0 Å². The highest BCUT2D eigenvalue weighted by molar-refractivity contribution is 6.01. The maximum Gasteiger partial charge on any atom is 0.341 e. The lowest BCUT2D eigenvalue weighted by atomic mass is 10.0. The van der Waals surface area contributed by atoms with Gasteiger partial charge in [0.15, 0.2) is 6.61 Å². The van der Waals surface area contributed by atoms with E-state index in [4.69, 9.17) is 9.84 Å². The Bertz CT molecular complexity index is 804. The number of ether oxygens (including phenoxy) is 1. The number of hydrogen-bond acceptors (Lipinski definition) is 4. The molecule has 1 aliphatic heterocycles. The summed E-state index contributed by atoms with van der Waals surface area (Å²) in [6.07, 6.45) is 0.548. The molecule has 2 aromatic rings. The molecule has 0 spiro atoms. The minimum atomic E-state index is -1.02. The molecule has 6 nitrogen and oxygen atoms in total. The van der Waals surface area contributed by atoms with Gasteiger partial charge in [-0.25, -0.2) is 4.79 Å². The Morgan fingerprint density at radius 3 is 2.58 bits per heavy atom. The van der Waals surface area contributed by atoms with Crippen LogP contribution in [0.15, 0.2) is 48.5 Å². The van der Waals surface area contributed by atoms with Crippen LogP contribution in [0.5, 0.6) is 5.75 Å². The minimum absolute atomic E-state index is 0.00454. The Morgan fingerprint density at radius 2 is 1.92 bits per heavy atom. The van der Waals surface area contributed by atoms with Gasteiger partial charge in [0.1, 0.15) is 11.9 Å². The number of rotatable bonds is 6. The topological polar surface area (TPSA) is 78.9 Å². The summed E-state index contributed by atoms with van der Waals surface area (Å²) in [5.74, 6) is -0.535. The first kappa shape index (κ1) is 17.8. The molecule has 26 heavy (non-hydrogen) atoms. The average molecular weight is 354 g/mol. The van der Waals surface area contributed by atoms with Crippen molar-refractivity contribution in [1.29, 1.82) is 0 Å². The molecule has 0 aromatic heterocycles. The Balaban J connectivity index is 1.91. The molecule has 1 amide bonds. The summed E-state index contributed by atoms with van der Waals surface area (Å²) in [7, 11) is 0. The van der Waals surface area contributed by atoms with Gasteiger partial charge >= 0.3 is 5.97 Å². The van der Waals surface area contributed by atoms with Crippen LogP contribution >= 0.6 is 0 Å². The van der Waals surface area contributed by atoms with Crippen molar-refractivity contribution >= 4 is 17.6 Å². The molecule has 2 N–H and O–H groups in total. The fourth-order valence-corrected chi connectivity index (χ4v) is 3.06. The van der Waals surface area contributed by atoms with Gasteiger partial charge in [0.25, 0.3) is 5.91 Å². The second kappa shape index (κ2) is 7.47. The summed E-state index contributed by atoms with van der Waals surface area (Å²) >= 11 is 0. The van der Waals surface area contributed by atoms with Gasteiger partial charge in [0.05, 0.1) is 5.56 Å². The molecule has 0 unspecified atom stereocenters. The van der Waals surface area contributed by atoms with Crippen LogP contribution in [0.3, 0.4) is 0 Å². The number of benzene rings is 2. The van der Waals surface area contributed by atoms with E-state index in [1.807, 2.05) is 48.2 Å². The zero-order valence-corrected chi connectivity index (χ0v) is 14.8. The number of amides is 1. The van der Waals surface area contributed by atoms with Crippen molar-refractivity contribution in [2.24, 2.45) is 0 Å². The Morgan fingerprint density at radius 1 is 1.23 bits per heavy atom. The van der Waals surface area contributed by atoms with Gasteiger partial charge in [0.2, 0.25) is 0 Å². The molecule has 2 aromatic carbocycles. The number of carboxylic acids is 1. The van der Waals surface area contributed by atoms with Crippen LogP contribution in [0, 0.1) is 0 Å². The van der Waals surface area contributed by atoms with E-state index in [0.29, 0.717) is 11.3 Å². The zero-order valence-electron chi connectivity index (χ0n) is 14.8. The second-order valence-corrected chi connectivity index (χ2v) is 6.31. The molecular weight excluding hydrogens is 332 g/mol. The normalized spacial score (nSPS) is 17.2. The van der Waals surface area contributed by atoms with Crippen LogP contribution in [-0.4, -0.2) is 34.5 Å². The summed E-state index contributed by atoms with van der Waals surface area (Å²) in [4.78, 5) is 25.5. The predicted molar refractivity (Wildman–Crippen MR) is 98.3 cm³/mol. The fourth-order valence-electron chi connectivity index (χ4n) is 3.06. The standard InChI is InChI=1S/C20H22N2O4/c1-3-13(2)22-19(21-17-7-5-4-6-16(17)20(22)25)14-8-10-15(11-9-14)26-12-18(23)24/h4-11,13,19,21H,3,12H2,1-2H3,(H,23,24)/t13-,19+/m0/s1. The number of carbonyl (C=O) groups excluding carboxylic acids is 1. The zero-order chi connectivity index (χ0) is 18.7. The first-order valence-electron chi connectivity index (χ1n) is 8.64. The predicted octanol–water partition coefficient (Wildman–Crippen LogP) is 3.52. The van der Waals surface area contributed by atoms with Gasteiger partial charge in [-0.15, -0.1) is 0 Å². The van der Waals surface area contributed by atoms with E-state index in [0.717, 1.165) is 17.7 Å². The van der Waals surface area contributed by atoms with Crippen molar-refractivity contribution < 1.29 is 19.4 Å². The summed E-state index contributed by atoms with van der Waals surface area (Å²) in [5, 5.41) is 12.1. The maximum atomic E-state index is 13.0. The fraction of sp³-hybridized carbons (Fsp3) is 0.300. The first-order chi connectivity index (χ1) is 12.5. The summed E-state index contributed by atoms with van der Waals surface area (Å²) < 4.78 is 5.18. The molecule has 0 saturated carbocycles. The highest BCUT2D eigenvalue weighted by Gasteiger charge is 2.35. The van der Waals surface area contributed by atoms with Gasteiger partial charge in [-0.1, -0.05) is 31.2 Å². The largest absolute Gasteiger partial charge is 0.482 e. The molecule has 0 radical (unpaired) electrons. The molecule has 6 heteroatoms. The van der Waals surface area contributed by atoms with E-state index in [-0.39, 0.29) is 24.7 Å². The molecule has 0 saturated heterocycles. The number of fused-ring (bicyclic) bond motifs is 1. The van der Waals surface area contributed by atoms with Crippen LogP contribution in [0.4, 0.5) is 5.69 Å². The smallest absolute Gasteiger partial charge is 0.341 e. The molecule has 136 valence electrons. The number of carbonyl (C=O) groups is 2. The number of aliphatic carboxylic acids is 1. The van der Waals surface area contributed by atoms with Crippen molar-refractivity contribution in [2.45, 2.75) is 32.5 Å². The summed E-state index contributed by atoms with van der Waals surface area (Å²) in [6.45, 7) is 3.70. The molecule has 0 aliphatic carbocycles. The maximum absolute atomic E-state index is 13.0. The van der Waals surface area contributed by atoms with E-state index >= 15 is 0 Å². The summed E-state index contributed by atoms with van der Waals surface area (Å²) in [6, 6.07) is 14.7. The highest BCUT2D eigenvalue weighted by Crippen LogP contribution is 2.35. The number of hydrogen-bond donors (Lipinski definition) is 2. The highest BCUT2D eigenvalue weighted by atomic mass is 16.5. The third kappa shape index (κ3) is 3.49. The van der Waals surface area contributed by atoms with E-state index < -0.39 is 5.97 Å². The van der Waals surface area contributed by atoms with Crippen molar-refractivity contribution in [2.75, 3.05) is 11.9 Å². The molecule has 0 fully saturated rings. The average Bonchev–Trinajstić information content (AvgIpc) is 2.66. The number of carboxylic acid groups (broad SMARTS) is 1. The SMILES string of the molecule is CC[C@H](C)N1C(=O)c2ccccc2N[C@H]1c1ccc(OCC(=O)O)cc1. The minimum Gasteiger partial charge on any atom is -0.482 e. The van der Waals surface area contributed by atoms with Crippen LogP contribution in [-0.2, 0) is 4.79 Å². The summed E-state index contributed by atoms with van der Waals surface area (Å²) in [5.41, 5.74) is 2.40. The number of nitrogens with zero attached hydrogens (tertiary/aromatic N) is 1. The van der Waals surface area contributed by atoms with Crippen molar-refractivity contribution in [1.82, 2.24) is 4.90 Å². The van der Waals surface area contributed by atoms with Gasteiger partial charge in [-0.3, -0.25) is 4.79 Å². The van der Waals surface area contributed by atoms with Gasteiger partial charge < -0.3 is 20.1 Å². The van der Waals surface area contributed by atoms with Gasteiger partial charge in [-0.2, -0.15) is 0 Å². The van der Waals surface area contributed by atoms with Crippen LogP contribution in [0.2, 0.25) is 0 Å². The Hall–Kier alpha value is -3.02. The lowest BCUT2D eigenvalue weighted by Crippen LogP contribution is -2.47. The monoisotopic (exact) mass is 354 g/mol. The Kier molecular flexibility index (Phi) is 5.11. The van der Waals surface area contributed by atoms with Crippen molar-refractivity contribution in [3.63, 3.8) is 0 Å². The van der Waals surface area contributed by atoms with E-state index in [1.54, 1.807) is 12.1 Å². The molecule has 0 bridgehead atoms. The van der Waals surface area contributed by atoms with E-state index in [9.17, 15) is 9.59 Å². The lowest BCUT2D eigenvalue weighted by molar-refractivity contribution is -0.139. The molecule has 1 heterocycles. The molecular formula is C20H22N2O4. The third-order valence-electron chi connectivity index (χ3n) is 4.59.